The minimum atomic E-state index is -0.152. The molecule has 0 aliphatic carbocycles. The zero-order chi connectivity index (χ0) is 14.4. The average molecular weight is 307 g/mol. The van der Waals surface area contributed by atoms with Crippen molar-refractivity contribution in [2.75, 3.05) is 6.61 Å². The monoisotopic (exact) mass is 306 g/mol. The van der Waals surface area contributed by atoms with Gasteiger partial charge in [-0.25, -0.2) is 0 Å². The molecule has 102 valence electrons. The zero-order valence-corrected chi connectivity index (χ0v) is 12.1. The van der Waals surface area contributed by atoms with Crippen LogP contribution in [0, 0.1) is 11.8 Å². The Balaban J connectivity index is 2.07. The van der Waals surface area contributed by atoms with Crippen molar-refractivity contribution in [2.45, 2.75) is 6.61 Å². The van der Waals surface area contributed by atoms with Gasteiger partial charge in [0.2, 0.25) is 0 Å². The summed E-state index contributed by atoms with van der Waals surface area (Å²) in [5, 5.41) is 9.73. The number of aliphatic hydroxyl groups excluding tert-OH is 1. The molecule has 0 spiro atoms. The van der Waals surface area contributed by atoms with Gasteiger partial charge < -0.3 is 9.84 Å². The molecule has 0 radical (unpaired) electrons. The van der Waals surface area contributed by atoms with Gasteiger partial charge in [-0.05, 0) is 35.9 Å². The van der Waals surface area contributed by atoms with E-state index in [0.717, 1.165) is 11.1 Å². The summed E-state index contributed by atoms with van der Waals surface area (Å²) in [5.41, 5.74) is 1.81. The predicted molar refractivity (Wildman–Crippen MR) is 81.2 cm³/mol. The van der Waals surface area contributed by atoms with Crippen molar-refractivity contribution in [2.24, 2.45) is 0 Å². The van der Waals surface area contributed by atoms with E-state index in [1.807, 2.05) is 24.3 Å². The predicted octanol–water partition coefficient (Wildman–Crippen LogP) is 3.92. The quantitative estimate of drug-likeness (QED) is 0.871. The highest BCUT2D eigenvalue weighted by Gasteiger charge is 2.03. The molecule has 0 heterocycles. The first kappa shape index (κ1) is 14.7. The molecule has 2 aromatic carbocycles. The summed E-state index contributed by atoms with van der Waals surface area (Å²) < 4.78 is 5.65. The van der Waals surface area contributed by atoms with E-state index in [0.29, 0.717) is 22.4 Å². The van der Waals surface area contributed by atoms with Gasteiger partial charge in [-0.1, -0.05) is 47.2 Å². The third kappa shape index (κ3) is 4.18. The first-order chi connectivity index (χ1) is 9.69. The molecule has 0 aliphatic rings. The van der Waals surface area contributed by atoms with Crippen LogP contribution in [0.1, 0.15) is 11.1 Å². The minimum absolute atomic E-state index is 0.152. The molecular formula is C16H12Cl2O2. The highest BCUT2D eigenvalue weighted by atomic mass is 35.5. The molecular weight excluding hydrogens is 295 g/mol. The Hall–Kier alpha value is -1.66. The SMILES string of the molecule is OCC#Cc1cccc(COc2ccc(Cl)cc2Cl)c1. The third-order valence-corrected chi connectivity index (χ3v) is 3.06. The summed E-state index contributed by atoms with van der Waals surface area (Å²) in [6.07, 6.45) is 0. The van der Waals surface area contributed by atoms with Crippen molar-refractivity contribution in [1.82, 2.24) is 0 Å². The van der Waals surface area contributed by atoms with Crippen molar-refractivity contribution in [3.63, 3.8) is 0 Å². The Morgan fingerprint density at radius 3 is 2.70 bits per heavy atom. The number of aliphatic hydroxyl groups is 1. The molecule has 0 unspecified atom stereocenters. The maximum atomic E-state index is 8.68. The number of hydrogen-bond donors (Lipinski definition) is 1. The molecule has 0 aromatic heterocycles. The number of halogens is 2. The lowest BCUT2D eigenvalue weighted by atomic mass is 10.1. The fourth-order valence-corrected chi connectivity index (χ4v) is 2.10. The second kappa shape index (κ2) is 7.21. The molecule has 0 fully saturated rings. The van der Waals surface area contributed by atoms with Crippen molar-refractivity contribution in [1.29, 1.82) is 0 Å². The molecule has 0 amide bonds. The average Bonchev–Trinajstić information content (AvgIpc) is 2.45. The van der Waals surface area contributed by atoms with Crippen LogP contribution in [0.3, 0.4) is 0 Å². The Bertz CT molecular complexity index is 657. The van der Waals surface area contributed by atoms with Crippen LogP contribution in [0.25, 0.3) is 0 Å². The van der Waals surface area contributed by atoms with E-state index in [9.17, 15) is 0 Å². The van der Waals surface area contributed by atoms with Crippen molar-refractivity contribution in [3.8, 4) is 17.6 Å². The third-order valence-electron chi connectivity index (χ3n) is 2.53. The maximum Gasteiger partial charge on any atom is 0.138 e. The summed E-state index contributed by atoms with van der Waals surface area (Å²) in [7, 11) is 0. The summed E-state index contributed by atoms with van der Waals surface area (Å²) >= 11 is 11.9. The second-order valence-electron chi connectivity index (χ2n) is 4.02. The Kier molecular flexibility index (Phi) is 5.31. The van der Waals surface area contributed by atoms with E-state index in [-0.39, 0.29) is 6.61 Å². The van der Waals surface area contributed by atoms with E-state index in [4.69, 9.17) is 33.0 Å². The summed E-state index contributed by atoms with van der Waals surface area (Å²) in [6, 6.07) is 12.7. The molecule has 2 rings (SSSR count). The lowest BCUT2D eigenvalue weighted by Crippen LogP contribution is -1.96. The van der Waals surface area contributed by atoms with Crippen LogP contribution in [0.15, 0.2) is 42.5 Å². The topological polar surface area (TPSA) is 29.5 Å². The second-order valence-corrected chi connectivity index (χ2v) is 4.87. The standard InChI is InChI=1S/C16H12Cl2O2/c17-14-6-7-16(15(18)10-14)20-11-13-4-1-3-12(9-13)5-2-8-19/h1,3-4,6-7,9-10,19H,8,11H2. The Morgan fingerprint density at radius 2 is 1.95 bits per heavy atom. The Labute approximate surface area is 127 Å². The first-order valence-corrected chi connectivity index (χ1v) is 6.71. The van der Waals surface area contributed by atoms with Gasteiger partial charge in [0.25, 0.3) is 0 Å². The van der Waals surface area contributed by atoms with Crippen LogP contribution in [-0.4, -0.2) is 11.7 Å². The molecule has 1 N–H and O–H groups in total. The molecule has 0 saturated carbocycles. The van der Waals surface area contributed by atoms with Gasteiger partial charge in [0, 0.05) is 10.6 Å². The first-order valence-electron chi connectivity index (χ1n) is 5.95. The van der Waals surface area contributed by atoms with Crippen molar-refractivity contribution in [3.05, 3.63) is 63.6 Å². The fraction of sp³-hybridized carbons (Fsp3) is 0.125. The highest BCUT2D eigenvalue weighted by molar-refractivity contribution is 6.35. The van der Waals surface area contributed by atoms with E-state index in [2.05, 4.69) is 11.8 Å². The summed E-state index contributed by atoms with van der Waals surface area (Å²) in [5.74, 6) is 6.05. The number of hydrogen-bond acceptors (Lipinski definition) is 2. The minimum Gasteiger partial charge on any atom is -0.487 e. The molecule has 2 aromatic rings. The van der Waals surface area contributed by atoms with Gasteiger partial charge in [0.1, 0.15) is 19.0 Å². The molecule has 0 aliphatic heterocycles. The van der Waals surface area contributed by atoms with Gasteiger partial charge in [0.15, 0.2) is 0 Å². The van der Waals surface area contributed by atoms with E-state index >= 15 is 0 Å². The molecule has 2 nitrogen and oxygen atoms in total. The smallest absolute Gasteiger partial charge is 0.138 e. The van der Waals surface area contributed by atoms with E-state index in [1.165, 1.54) is 0 Å². The van der Waals surface area contributed by atoms with Crippen LogP contribution in [0.2, 0.25) is 10.0 Å². The number of rotatable bonds is 3. The lowest BCUT2D eigenvalue weighted by molar-refractivity contribution is 0.306. The number of benzene rings is 2. The van der Waals surface area contributed by atoms with Crippen molar-refractivity contribution >= 4 is 23.2 Å². The van der Waals surface area contributed by atoms with Crippen LogP contribution in [0.5, 0.6) is 5.75 Å². The van der Waals surface area contributed by atoms with Crippen LogP contribution >= 0.6 is 23.2 Å². The molecule has 0 saturated heterocycles. The van der Waals surface area contributed by atoms with Gasteiger partial charge in [-0.15, -0.1) is 0 Å². The van der Waals surface area contributed by atoms with Gasteiger partial charge in [0.05, 0.1) is 5.02 Å². The van der Waals surface area contributed by atoms with Crippen LogP contribution in [0.4, 0.5) is 0 Å². The lowest BCUT2D eigenvalue weighted by Gasteiger charge is -2.08. The molecule has 20 heavy (non-hydrogen) atoms. The Morgan fingerprint density at radius 1 is 1.10 bits per heavy atom. The number of ether oxygens (including phenoxy) is 1. The van der Waals surface area contributed by atoms with Gasteiger partial charge in [-0.2, -0.15) is 0 Å². The zero-order valence-electron chi connectivity index (χ0n) is 10.6. The maximum absolute atomic E-state index is 8.68. The van der Waals surface area contributed by atoms with Crippen LogP contribution < -0.4 is 4.74 Å². The molecule has 0 atom stereocenters. The fourth-order valence-electron chi connectivity index (χ4n) is 1.63. The highest BCUT2D eigenvalue weighted by Crippen LogP contribution is 2.28. The summed E-state index contributed by atoms with van der Waals surface area (Å²) in [6.45, 7) is 0.233. The van der Waals surface area contributed by atoms with Crippen molar-refractivity contribution < 1.29 is 9.84 Å². The van der Waals surface area contributed by atoms with E-state index in [1.54, 1.807) is 18.2 Å². The van der Waals surface area contributed by atoms with Gasteiger partial charge in [-0.3, -0.25) is 0 Å². The summed E-state index contributed by atoms with van der Waals surface area (Å²) in [4.78, 5) is 0. The van der Waals surface area contributed by atoms with E-state index < -0.39 is 0 Å². The largest absolute Gasteiger partial charge is 0.487 e. The van der Waals surface area contributed by atoms with Crippen LogP contribution in [-0.2, 0) is 6.61 Å². The van der Waals surface area contributed by atoms with Gasteiger partial charge >= 0.3 is 0 Å². The molecule has 0 bridgehead atoms. The normalized spacial score (nSPS) is 9.75. The molecule has 4 heteroatoms.